The largest absolute Gasteiger partial charge is 0.462 e. The number of hydrogen-bond acceptors (Lipinski definition) is 3. The maximum absolute atomic E-state index is 13.4. The lowest BCUT2D eigenvalue weighted by molar-refractivity contribution is -0.160. The Morgan fingerprint density at radius 3 is 2.52 bits per heavy atom. The number of aliphatic hydroxyl groups is 1. The summed E-state index contributed by atoms with van der Waals surface area (Å²) in [4.78, 5) is 11.6. The number of hydrogen-bond donors (Lipinski definition) is 1. The molecule has 1 fully saturated rings. The molecule has 0 unspecified atom stereocenters. The van der Waals surface area contributed by atoms with Gasteiger partial charge in [0.25, 0.3) is 0 Å². The minimum absolute atomic E-state index is 0.0647. The molecule has 0 bridgehead atoms. The summed E-state index contributed by atoms with van der Waals surface area (Å²) >= 11 is 7.36. The highest BCUT2D eigenvalue weighted by Gasteiger charge is 2.28. The van der Waals surface area contributed by atoms with Crippen molar-refractivity contribution in [3.05, 3.63) is 44.7 Å². The van der Waals surface area contributed by atoms with Crippen LogP contribution in [0.5, 0.6) is 0 Å². The van der Waals surface area contributed by atoms with Crippen molar-refractivity contribution in [1.82, 2.24) is 4.57 Å². The molecule has 2 heterocycles. The molecule has 4 nitrogen and oxygen atoms in total. The number of halogens is 3. The highest BCUT2D eigenvalue weighted by molar-refractivity contribution is 9.13. The Kier molecular flexibility index (Phi) is 6.43. The fourth-order valence-electron chi connectivity index (χ4n) is 3.57. The van der Waals surface area contributed by atoms with Gasteiger partial charge in [-0.05, 0) is 67.6 Å². The van der Waals surface area contributed by atoms with E-state index in [2.05, 4.69) is 50.3 Å². The zero-order chi connectivity index (χ0) is 19.7. The molecule has 27 heavy (non-hydrogen) atoms. The van der Waals surface area contributed by atoms with Crippen LogP contribution in [-0.2, 0) is 16.1 Å². The van der Waals surface area contributed by atoms with Crippen molar-refractivity contribution in [2.45, 2.75) is 57.8 Å². The molecule has 1 N–H and O–H groups in total. The Bertz CT molecular complexity index is 833. The summed E-state index contributed by atoms with van der Waals surface area (Å²) in [6.07, 6.45) is 0.181. The average molecular weight is 503 g/mol. The number of aromatic nitrogens is 1. The van der Waals surface area contributed by atoms with E-state index in [9.17, 15) is 14.3 Å². The van der Waals surface area contributed by atoms with Crippen LogP contribution in [0.2, 0.25) is 0 Å². The van der Waals surface area contributed by atoms with Crippen molar-refractivity contribution in [3.8, 4) is 11.3 Å². The number of carbonyl (C=O) groups is 1. The van der Waals surface area contributed by atoms with E-state index in [0.717, 1.165) is 25.9 Å². The van der Waals surface area contributed by atoms with Crippen LogP contribution in [0.4, 0.5) is 4.39 Å². The Morgan fingerprint density at radius 2 is 1.93 bits per heavy atom. The van der Waals surface area contributed by atoms with Crippen LogP contribution >= 0.6 is 31.9 Å². The third-order valence-electron chi connectivity index (χ3n) is 4.76. The molecule has 1 saturated heterocycles. The summed E-state index contributed by atoms with van der Waals surface area (Å²) in [5.74, 6) is -0.375. The molecule has 7 heteroatoms. The van der Waals surface area contributed by atoms with Crippen LogP contribution in [0.25, 0.3) is 11.3 Å². The second kappa shape index (κ2) is 8.45. The van der Waals surface area contributed by atoms with Gasteiger partial charge in [0.05, 0.1) is 27.2 Å². The van der Waals surface area contributed by atoms with Crippen molar-refractivity contribution in [2.24, 2.45) is 0 Å². The first-order valence-corrected chi connectivity index (χ1v) is 10.6. The first-order valence-electron chi connectivity index (χ1n) is 8.98. The number of rotatable bonds is 5. The third kappa shape index (κ3) is 4.46. The molecule has 1 aromatic carbocycles. The van der Waals surface area contributed by atoms with Gasteiger partial charge in [-0.1, -0.05) is 13.8 Å². The smallest absolute Gasteiger partial charge is 0.308 e. The Hall–Kier alpha value is -1.18. The maximum Gasteiger partial charge on any atom is 0.308 e. The van der Waals surface area contributed by atoms with Crippen LogP contribution in [0, 0.1) is 5.82 Å². The van der Waals surface area contributed by atoms with Gasteiger partial charge >= 0.3 is 5.97 Å². The number of esters is 1. The molecule has 1 aromatic heterocycles. The maximum atomic E-state index is 13.4. The SMILES string of the molecule is CC(C)c1c(Br)c(Br)c(-c2ccc(F)cc2)n1CC[C@@H]1C[C@H](O)CC(=O)O1. The van der Waals surface area contributed by atoms with Gasteiger partial charge < -0.3 is 14.4 Å². The lowest BCUT2D eigenvalue weighted by Crippen LogP contribution is -2.33. The van der Waals surface area contributed by atoms with Crippen molar-refractivity contribution in [1.29, 1.82) is 0 Å². The van der Waals surface area contributed by atoms with Gasteiger partial charge in [-0.2, -0.15) is 0 Å². The lowest BCUT2D eigenvalue weighted by atomic mass is 10.0. The van der Waals surface area contributed by atoms with E-state index >= 15 is 0 Å². The topological polar surface area (TPSA) is 51.5 Å². The van der Waals surface area contributed by atoms with E-state index in [-0.39, 0.29) is 30.2 Å². The zero-order valence-corrected chi connectivity index (χ0v) is 18.4. The second-order valence-electron chi connectivity index (χ2n) is 7.17. The van der Waals surface area contributed by atoms with Crippen LogP contribution in [0.1, 0.15) is 44.7 Å². The van der Waals surface area contributed by atoms with Crippen LogP contribution in [0.3, 0.4) is 0 Å². The molecular weight excluding hydrogens is 481 g/mol. The van der Waals surface area contributed by atoms with E-state index in [1.54, 1.807) is 12.1 Å². The quantitative estimate of drug-likeness (QED) is 0.557. The predicted octanol–water partition coefficient (Wildman–Crippen LogP) is 5.40. The van der Waals surface area contributed by atoms with Gasteiger partial charge in [0.2, 0.25) is 0 Å². The fraction of sp³-hybridized carbons (Fsp3) is 0.450. The predicted molar refractivity (Wildman–Crippen MR) is 109 cm³/mol. The van der Waals surface area contributed by atoms with Gasteiger partial charge in [0.1, 0.15) is 11.9 Å². The lowest BCUT2D eigenvalue weighted by Gasteiger charge is -2.27. The first kappa shape index (κ1) is 20.6. The first-order chi connectivity index (χ1) is 12.8. The standard InChI is InChI=1S/C20H22Br2FNO3/c1-11(2)19-17(21)18(22)20(12-3-5-13(23)6-4-12)24(19)8-7-15-9-14(25)10-16(26)27-15/h3-6,11,14-15,25H,7-10H2,1-2H3/t14-,15+/m0/s1. The fourth-order valence-corrected chi connectivity index (χ4v) is 5.08. The molecule has 1 aliphatic heterocycles. The summed E-state index contributed by atoms with van der Waals surface area (Å²) in [7, 11) is 0. The Balaban J connectivity index is 1.95. The summed E-state index contributed by atoms with van der Waals surface area (Å²) in [6.45, 7) is 4.85. The number of nitrogens with zero attached hydrogens (tertiary/aromatic N) is 1. The highest BCUT2D eigenvalue weighted by Crippen LogP contribution is 2.42. The monoisotopic (exact) mass is 501 g/mol. The zero-order valence-electron chi connectivity index (χ0n) is 15.2. The number of cyclic esters (lactones) is 1. The summed E-state index contributed by atoms with van der Waals surface area (Å²) in [5.41, 5.74) is 2.97. The average Bonchev–Trinajstić information content (AvgIpc) is 2.84. The molecule has 0 amide bonds. The van der Waals surface area contributed by atoms with Gasteiger partial charge in [0, 0.05) is 25.1 Å². The summed E-state index contributed by atoms with van der Waals surface area (Å²) < 4.78 is 22.8. The second-order valence-corrected chi connectivity index (χ2v) is 8.76. The Morgan fingerprint density at radius 1 is 1.26 bits per heavy atom. The summed E-state index contributed by atoms with van der Waals surface area (Å²) in [6, 6.07) is 6.41. The number of carbonyl (C=O) groups excluding carboxylic acids is 1. The molecule has 146 valence electrons. The van der Waals surface area contributed by atoms with Crippen molar-refractivity contribution in [2.75, 3.05) is 0 Å². The molecular formula is C20H22Br2FNO3. The van der Waals surface area contributed by atoms with E-state index in [0.29, 0.717) is 19.4 Å². The number of aliphatic hydroxyl groups excluding tert-OH is 1. The molecule has 0 saturated carbocycles. The number of ether oxygens (including phenoxy) is 1. The van der Waals surface area contributed by atoms with Crippen molar-refractivity contribution < 1.29 is 19.0 Å². The van der Waals surface area contributed by atoms with Gasteiger partial charge in [-0.15, -0.1) is 0 Å². The van der Waals surface area contributed by atoms with Crippen LogP contribution in [-0.4, -0.2) is 27.9 Å². The molecule has 3 rings (SSSR count). The molecule has 1 aliphatic rings. The van der Waals surface area contributed by atoms with E-state index in [4.69, 9.17) is 4.74 Å². The Labute approximate surface area is 175 Å². The molecule has 2 aromatic rings. The normalized spacial score (nSPS) is 20.2. The van der Waals surface area contributed by atoms with Crippen molar-refractivity contribution >= 4 is 37.8 Å². The minimum atomic E-state index is -0.638. The minimum Gasteiger partial charge on any atom is -0.462 e. The third-order valence-corrected chi connectivity index (χ3v) is 6.87. The van der Waals surface area contributed by atoms with Gasteiger partial charge in [-0.3, -0.25) is 4.79 Å². The summed E-state index contributed by atoms with van der Waals surface area (Å²) in [5, 5.41) is 9.84. The van der Waals surface area contributed by atoms with E-state index < -0.39 is 6.10 Å². The van der Waals surface area contributed by atoms with E-state index in [1.165, 1.54) is 12.1 Å². The number of benzene rings is 1. The molecule has 0 radical (unpaired) electrons. The molecule has 2 atom stereocenters. The van der Waals surface area contributed by atoms with Crippen molar-refractivity contribution in [3.63, 3.8) is 0 Å². The van der Waals surface area contributed by atoms with Gasteiger partial charge in [-0.25, -0.2) is 4.39 Å². The van der Waals surface area contributed by atoms with Gasteiger partial charge in [0.15, 0.2) is 0 Å². The highest BCUT2D eigenvalue weighted by atomic mass is 79.9. The van der Waals surface area contributed by atoms with Crippen LogP contribution < -0.4 is 0 Å². The molecule has 0 aliphatic carbocycles. The van der Waals surface area contributed by atoms with E-state index in [1.807, 2.05) is 0 Å². The molecule has 0 spiro atoms. The van der Waals surface area contributed by atoms with Crippen LogP contribution in [0.15, 0.2) is 33.2 Å².